The molecule has 0 bridgehead atoms. The fourth-order valence-electron chi connectivity index (χ4n) is 7.52. The summed E-state index contributed by atoms with van der Waals surface area (Å²) >= 11 is 0. The average Bonchev–Trinajstić information content (AvgIpc) is 3.52. The quantitative estimate of drug-likeness (QED) is 0.160. The number of fused-ring (bicyclic) bond motifs is 3. The van der Waals surface area contributed by atoms with Gasteiger partial charge in [-0.25, -0.2) is 9.97 Å². The molecule has 0 aliphatic heterocycles. The molecule has 8 rings (SSSR count). The van der Waals surface area contributed by atoms with Crippen LogP contribution in [0.3, 0.4) is 0 Å². The van der Waals surface area contributed by atoms with Crippen molar-refractivity contribution in [1.82, 2.24) is 14.5 Å². The fourth-order valence-corrected chi connectivity index (χ4v) is 7.52. The first-order valence-electron chi connectivity index (χ1n) is 17.2. The van der Waals surface area contributed by atoms with Gasteiger partial charge in [-0.2, -0.15) is 26.3 Å². The first-order valence-corrected chi connectivity index (χ1v) is 17.2. The van der Waals surface area contributed by atoms with Gasteiger partial charge in [0, 0.05) is 33.2 Å². The summed E-state index contributed by atoms with van der Waals surface area (Å²) in [5.74, 6) is 0.365. The van der Waals surface area contributed by atoms with Crippen LogP contribution in [0.2, 0.25) is 0 Å². The standard InChI is InChI=1S/C45H31F6N3/c1-28-11-9-17-36-37-18-10-12-29(2)41(37)54(40(28)36)35-25-23-34(24-26-35)43(44(46,47)48,45(49,50)51)33-21-19-31(20-22-33)39-27-38(30-13-5-3-6-14-30)52-42(53-39)32-15-7-4-8-16-32/h3-27H,1-2H3. The second-order valence-corrected chi connectivity index (χ2v) is 13.3. The number of alkyl halides is 6. The maximum Gasteiger partial charge on any atom is 0.411 e. The maximum atomic E-state index is 15.3. The summed E-state index contributed by atoms with van der Waals surface area (Å²) in [6.07, 6.45) is -11.5. The van der Waals surface area contributed by atoms with E-state index in [0.717, 1.165) is 62.8 Å². The van der Waals surface area contributed by atoms with Crippen molar-refractivity contribution in [3.8, 4) is 39.6 Å². The first kappa shape index (κ1) is 34.8. The van der Waals surface area contributed by atoms with Crippen molar-refractivity contribution in [3.05, 3.63) is 174 Å². The predicted octanol–water partition coefficient (Wildman–Crippen LogP) is 12.6. The lowest BCUT2D eigenvalue weighted by Gasteiger charge is -2.38. The molecule has 0 saturated heterocycles. The van der Waals surface area contributed by atoms with Crippen LogP contribution in [0, 0.1) is 13.8 Å². The van der Waals surface area contributed by atoms with Crippen molar-refractivity contribution in [3.63, 3.8) is 0 Å². The molecule has 0 fully saturated rings. The molecule has 0 radical (unpaired) electrons. The van der Waals surface area contributed by atoms with Crippen molar-refractivity contribution in [1.29, 1.82) is 0 Å². The minimum Gasteiger partial charge on any atom is -0.309 e. The van der Waals surface area contributed by atoms with Crippen molar-refractivity contribution in [2.75, 3.05) is 0 Å². The van der Waals surface area contributed by atoms with Crippen molar-refractivity contribution >= 4 is 21.8 Å². The van der Waals surface area contributed by atoms with Crippen LogP contribution in [0.15, 0.2) is 152 Å². The molecule has 3 nitrogen and oxygen atoms in total. The number of hydrogen-bond acceptors (Lipinski definition) is 2. The van der Waals surface area contributed by atoms with Gasteiger partial charge in [-0.1, -0.05) is 133 Å². The molecule has 0 N–H and O–H groups in total. The van der Waals surface area contributed by atoms with Gasteiger partial charge in [0.2, 0.25) is 5.41 Å². The van der Waals surface area contributed by atoms with Crippen LogP contribution in [0.25, 0.3) is 61.4 Å². The Kier molecular flexibility index (Phi) is 8.40. The molecule has 54 heavy (non-hydrogen) atoms. The van der Waals surface area contributed by atoms with E-state index in [1.54, 1.807) is 6.07 Å². The summed E-state index contributed by atoms with van der Waals surface area (Å²) in [7, 11) is 0. The van der Waals surface area contributed by atoms with Crippen LogP contribution >= 0.6 is 0 Å². The van der Waals surface area contributed by atoms with E-state index in [9.17, 15) is 0 Å². The van der Waals surface area contributed by atoms with Crippen LogP contribution < -0.4 is 0 Å². The zero-order valence-corrected chi connectivity index (χ0v) is 29.0. The number of para-hydroxylation sites is 2. The summed E-state index contributed by atoms with van der Waals surface area (Å²) in [6.45, 7) is 3.85. The van der Waals surface area contributed by atoms with E-state index in [-0.39, 0.29) is 0 Å². The Hall–Kier alpha value is -6.22. The molecule has 6 aromatic carbocycles. The minimum atomic E-state index is -5.75. The molecule has 8 aromatic rings. The Morgan fingerprint density at radius 3 is 1.33 bits per heavy atom. The van der Waals surface area contributed by atoms with Gasteiger partial charge >= 0.3 is 12.4 Å². The van der Waals surface area contributed by atoms with E-state index in [4.69, 9.17) is 4.98 Å². The van der Waals surface area contributed by atoms with E-state index in [0.29, 0.717) is 34.0 Å². The van der Waals surface area contributed by atoms with Gasteiger partial charge in [-0.15, -0.1) is 0 Å². The summed E-state index contributed by atoms with van der Waals surface area (Å²) in [6, 6.07) is 40.6. The highest BCUT2D eigenvalue weighted by Crippen LogP contribution is 2.56. The molecular weight excluding hydrogens is 697 g/mol. The number of benzene rings is 6. The molecule has 0 aliphatic rings. The Morgan fingerprint density at radius 1 is 0.444 bits per heavy atom. The van der Waals surface area contributed by atoms with E-state index >= 15 is 26.3 Å². The number of rotatable bonds is 6. The van der Waals surface area contributed by atoms with Gasteiger partial charge < -0.3 is 4.57 Å². The minimum absolute atomic E-state index is 0.334. The van der Waals surface area contributed by atoms with E-state index in [1.807, 2.05) is 115 Å². The lowest BCUT2D eigenvalue weighted by Crippen LogP contribution is -2.54. The molecular formula is C45H31F6N3. The van der Waals surface area contributed by atoms with Gasteiger partial charge in [0.05, 0.1) is 22.4 Å². The lowest BCUT2D eigenvalue weighted by molar-refractivity contribution is -0.288. The topological polar surface area (TPSA) is 30.7 Å². The molecule has 9 heteroatoms. The SMILES string of the molecule is Cc1cccc2c3cccc(C)c3n(-c3ccc(C(c4ccc(-c5cc(-c6ccccc6)nc(-c6ccccc6)n5)cc4)(C(F)(F)F)C(F)(F)F)cc3)c12. The van der Waals surface area contributed by atoms with E-state index in [2.05, 4.69) is 4.98 Å². The molecule has 0 atom stereocenters. The molecule has 0 aliphatic carbocycles. The molecule has 0 spiro atoms. The Bertz CT molecular complexity index is 2490. The third-order valence-electron chi connectivity index (χ3n) is 10.1. The van der Waals surface area contributed by atoms with Crippen LogP contribution in [-0.2, 0) is 5.41 Å². The Labute approximate surface area is 307 Å². The Morgan fingerprint density at radius 2 is 0.870 bits per heavy atom. The number of halogens is 6. The zero-order chi connectivity index (χ0) is 37.8. The summed E-state index contributed by atoms with van der Waals surface area (Å²) in [5, 5.41) is 1.88. The van der Waals surface area contributed by atoms with Crippen LogP contribution in [-0.4, -0.2) is 26.9 Å². The van der Waals surface area contributed by atoms with Gasteiger partial charge in [-0.3, -0.25) is 0 Å². The van der Waals surface area contributed by atoms with Crippen molar-refractivity contribution in [2.24, 2.45) is 0 Å². The number of aryl methyl sites for hydroxylation is 2. The molecule has 268 valence electrons. The van der Waals surface area contributed by atoms with Gasteiger partial charge in [-0.05, 0) is 54.3 Å². The van der Waals surface area contributed by atoms with Crippen molar-refractivity contribution < 1.29 is 26.3 Å². The lowest BCUT2D eigenvalue weighted by atomic mass is 9.72. The molecule has 2 aromatic heterocycles. The third kappa shape index (κ3) is 5.62. The normalized spacial score (nSPS) is 12.4. The highest BCUT2D eigenvalue weighted by atomic mass is 19.4. The highest BCUT2D eigenvalue weighted by Gasteiger charge is 2.72. The van der Waals surface area contributed by atoms with Crippen LogP contribution in [0.4, 0.5) is 26.3 Å². The van der Waals surface area contributed by atoms with E-state index < -0.39 is 28.9 Å². The molecule has 0 saturated carbocycles. The molecule has 0 amide bonds. The summed E-state index contributed by atoms with van der Waals surface area (Å²) < 4.78 is 93.7. The third-order valence-corrected chi connectivity index (χ3v) is 10.1. The second-order valence-electron chi connectivity index (χ2n) is 13.3. The predicted molar refractivity (Wildman–Crippen MR) is 201 cm³/mol. The smallest absolute Gasteiger partial charge is 0.309 e. The van der Waals surface area contributed by atoms with Gasteiger partial charge in [0.1, 0.15) is 0 Å². The molecule has 0 unspecified atom stereocenters. The van der Waals surface area contributed by atoms with Crippen molar-refractivity contribution in [2.45, 2.75) is 31.6 Å². The summed E-state index contributed by atoms with van der Waals surface area (Å²) in [4.78, 5) is 9.40. The summed E-state index contributed by atoms with van der Waals surface area (Å²) in [5.41, 5.74) is 0.453. The molecule has 2 heterocycles. The number of nitrogens with zero attached hydrogens (tertiary/aromatic N) is 3. The number of hydrogen-bond donors (Lipinski definition) is 0. The van der Waals surface area contributed by atoms with Gasteiger partial charge in [0.15, 0.2) is 5.82 Å². The maximum absolute atomic E-state index is 15.3. The van der Waals surface area contributed by atoms with Gasteiger partial charge in [0.25, 0.3) is 0 Å². The van der Waals surface area contributed by atoms with Crippen LogP contribution in [0.5, 0.6) is 0 Å². The van der Waals surface area contributed by atoms with Crippen LogP contribution in [0.1, 0.15) is 22.3 Å². The van der Waals surface area contributed by atoms with E-state index in [1.165, 1.54) is 24.3 Å². The highest BCUT2D eigenvalue weighted by molar-refractivity contribution is 6.11. The Balaban J connectivity index is 1.26. The first-order chi connectivity index (χ1) is 25.9. The fraction of sp³-hybridized carbons (Fsp3) is 0.111. The zero-order valence-electron chi connectivity index (χ0n) is 29.0. The second kappa shape index (κ2) is 13.0. The average molecular weight is 728 g/mol. The largest absolute Gasteiger partial charge is 0.411 e. The number of aromatic nitrogens is 3. The monoisotopic (exact) mass is 727 g/mol.